The maximum absolute atomic E-state index is 11.8. The van der Waals surface area contributed by atoms with Gasteiger partial charge < -0.3 is 10.2 Å². The molecule has 1 amide bonds. The van der Waals surface area contributed by atoms with Crippen LogP contribution in [0.3, 0.4) is 0 Å². The van der Waals surface area contributed by atoms with Gasteiger partial charge in [0.05, 0.1) is 0 Å². The number of aromatic nitrogens is 1. The van der Waals surface area contributed by atoms with E-state index in [1.54, 1.807) is 24.5 Å². The normalized spacial score (nSPS) is 10.7. The number of carbonyl (C=O) groups is 1. The van der Waals surface area contributed by atoms with Gasteiger partial charge in [0, 0.05) is 43.8 Å². The van der Waals surface area contributed by atoms with E-state index in [2.05, 4.69) is 53.3 Å². The van der Waals surface area contributed by atoms with Crippen LogP contribution in [-0.2, 0) is 4.79 Å². The van der Waals surface area contributed by atoms with Gasteiger partial charge in [-0.2, -0.15) is 0 Å². The molecule has 1 N–H and O–H groups in total. The van der Waals surface area contributed by atoms with Gasteiger partial charge in [-0.3, -0.25) is 9.78 Å². The molecule has 23 heavy (non-hydrogen) atoms. The predicted molar refractivity (Wildman–Crippen MR) is 95.3 cm³/mol. The Morgan fingerprint density at radius 3 is 2.87 bits per heavy atom. The Labute approximate surface area is 137 Å². The van der Waals surface area contributed by atoms with Crippen molar-refractivity contribution in [3.63, 3.8) is 0 Å². The third-order valence-corrected chi connectivity index (χ3v) is 3.54. The molecule has 0 fully saturated rings. The average molecular weight is 309 g/mol. The number of benzene rings is 1. The molecule has 1 aromatic carbocycles. The van der Waals surface area contributed by atoms with Crippen LogP contribution in [0, 0.1) is 6.92 Å². The minimum absolute atomic E-state index is 0.0888. The van der Waals surface area contributed by atoms with Gasteiger partial charge >= 0.3 is 0 Å². The number of nitrogens with zero attached hydrogens (tertiary/aromatic N) is 2. The lowest BCUT2D eigenvalue weighted by Gasteiger charge is -2.23. The van der Waals surface area contributed by atoms with Crippen molar-refractivity contribution in [3.05, 3.63) is 66.0 Å². The van der Waals surface area contributed by atoms with Gasteiger partial charge in [-0.25, -0.2) is 0 Å². The van der Waals surface area contributed by atoms with Gasteiger partial charge in [-0.15, -0.1) is 0 Å². The van der Waals surface area contributed by atoms with Crippen molar-refractivity contribution in [2.24, 2.45) is 0 Å². The Balaban J connectivity index is 1.81. The van der Waals surface area contributed by atoms with E-state index < -0.39 is 0 Å². The second kappa shape index (κ2) is 8.73. The highest BCUT2D eigenvalue weighted by molar-refractivity contribution is 5.91. The van der Waals surface area contributed by atoms with Crippen molar-refractivity contribution in [1.29, 1.82) is 0 Å². The van der Waals surface area contributed by atoms with E-state index >= 15 is 0 Å². The van der Waals surface area contributed by atoms with Gasteiger partial charge in [0.1, 0.15) is 0 Å². The van der Waals surface area contributed by atoms with Gasteiger partial charge in [-0.1, -0.05) is 18.2 Å². The highest BCUT2D eigenvalue weighted by atomic mass is 16.1. The Hall–Kier alpha value is -2.62. The summed E-state index contributed by atoms with van der Waals surface area (Å²) in [6.45, 7) is 6.50. The molecular weight excluding hydrogens is 286 g/mol. The Morgan fingerprint density at radius 1 is 1.30 bits per heavy atom. The monoisotopic (exact) mass is 309 g/mol. The van der Waals surface area contributed by atoms with E-state index in [1.165, 1.54) is 11.3 Å². The number of likely N-dealkylation sites (N-methyl/N-ethyl adjacent to an activating group) is 1. The summed E-state index contributed by atoms with van der Waals surface area (Å²) in [5.74, 6) is -0.0888. The minimum atomic E-state index is -0.0888. The fraction of sp³-hybridized carbons (Fsp3) is 0.263. The van der Waals surface area contributed by atoms with Crippen molar-refractivity contribution in [2.45, 2.75) is 13.8 Å². The molecule has 0 aliphatic rings. The Kier molecular flexibility index (Phi) is 6.36. The molecule has 1 heterocycles. The lowest BCUT2D eigenvalue weighted by molar-refractivity contribution is -0.116. The lowest BCUT2D eigenvalue weighted by Crippen LogP contribution is -2.34. The van der Waals surface area contributed by atoms with Gasteiger partial charge in [0.15, 0.2) is 0 Å². The number of aryl methyl sites for hydroxylation is 1. The molecule has 0 atom stereocenters. The molecule has 0 spiro atoms. The van der Waals surface area contributed by atoms with Gasteiger partial charge in [-0.05, 0) is 49.2 Å². The quantitative estimate of drug-likeness (QED) is 0.800. The molecule has 0 bridgehead atoms. The maximum atomic E-state index is 11.8. The summed E-state index contributed by atoms with van der Waals surface area (Å²) in [6.07, 6.45) is 6.74. The first-order valence-corrected chi connectivity index (χ1v) is 7.86. The highest BCUT2D eigenvalue weighted by Gasteiger charge is 2.04. The summed E-state index contributed by atoms with van der Waals surface area (Å²) in [6, 6.07) is 12.2. The van der Waals surface area contributed by atoms with Crippen LogP contribution < -0.4 is 10.2 Å². The fourth-order valence-electron chi connectivity index (χ4n) is 2.31. The van der Waals surface area contributed by atoms with E-state index in [9.17, 15) is 4.79 Å². The molecule has 0 aliphatic carbocycles. The lowest BCUT2D eigenvalue weighted by atomic mass is 10.2. The van der Waals surface area contributed by atoms with E-state index in [4.69, 9.17) is 0 Å². The zero-order valence-corrected chi connectivity index (χ0v) is 13.7. The summed E-state index contributed by atoms with van der Waals surface area (Å²) in [7, 11) is 0. The number of amides is 1. The number of pyridine rings is 1. The number of hydrogen-bond donors (Lipinski definition) is 1. The van der Waals surface area contributed by atoms with Crippen LogP contribution in [0.4, 0.5) is 5.69 Å². The second-order valence-corrected chi connectivity index (χ2v) is 5.33. The summed E-state index contributed by atoms with van der Waals surface area (Å²) < 4.78 is 0. The predicted octanol–water partition coefficient (Wildman–Crippen LogP) is 3.05. The third-order valence-electron chi connectivity index (χ3n) is 3.54. The standard InChI is InChI=1S/C19H23N3O/c1-3-22(18-8-4-6-16(2)14-18)13-12-21-19(23)10-9-17-7-5-11-20-15-17/h4-11,14-15H,3,12-13H2,1-2H3,(H,21,23)/b10-9+. The number of carbonyl (C=O) groups excluding carboxylic acids is 1. The van der Waals surface area contributed by atoms with E-state index in [1.807, 2.05) is 12.1 Å². The van der Waals surface area contributed by atoms with Gasteiger partial charge in [0.2, 0.25) is 5.91 Å². The maximum Gasteiger partial charge on any atom is 0.244 e. The van der Waals surface area contributed by atoms with Crippen molar-refractivity contribution in [2.75, 3.05) is 24.5 Å². The van der Waals surface area contributed by atoms with Crippen molar-refractivity contribution in [3.8, 4) is 0 Å². The van der Waals surface area contributed by atoms with Crippen LogP contribution in [0.25, 0.3) is 6.08 Å². The van der Waals surface area contributed by atoms with E-state index in [-0.39, 0.29) is 5.91 Å². The molecule has 2 aromatic rings. The van der Waals surface area contributed by atoms with Crippen molar-refractivity contribution in [1.82, 2.24) is 10.3 Å². The number of rotatable bonds is 7. The average Bonchev–Trinajstić information content (AvgIpc) is 2.58. The molecule has 120 valence electrons. The minimum Gasteiger partial charge on any atom is -0.370 e. The van der Waals surface area contributed by atoms with Crippen molar-refractivity contribution >= 4 is 17.7 Å². The Bertz CT molecular complexity index is 653. The first kappa shape index (κ1) is 16.7. The van der Waals surface area contributed by atoms with Crippen LogP contribution in [0.2, 0.25) is 0 Å². The molecular formula is C19H23N3O. The fourth-order valence-corrected chi connectivity index (χ4v) is 2.31. The highest BCUT2D eigenvalue weighted by Crippen LogP contribution is 2.14. The van der Waals surface area contributed by atoms with Gasteiger partial charge in [0.25, 0.3) is 0 Å². The molecule has 0 radical (unpaired) electrons. The smallest absolute Gasteiger partial charge is 0.244 e. The SMILES string of the molecule is CCN(CCNC(=O)/C=C/c1cccnc1)c1cccc(C)c1. The number of anilines is 1. The zero-order chi connectivity index (χ0) is 16.5. The molecule has 0 saturated heterocycles. The van der Waals surface area contributed by atoms with Crippen LogP contribution in [0.15, 0.2) is 54.9 Å². The first-order chi connectivity index (χ1) is 11.2. The van der Waals surface area contributed by atoms with Crippen LogP contribution in [0.5, 0.6) is 0 Å². The molecule has 2 rings (SSSR count). The second-order valence-electron chi connectivity index (χ2n) is 5.33. The number of nitrogens with one attached hydrogen (secondary N) is 1. The molecule has 0 aliphatic heterocycles. The summed E-state index contributed by atoms with van der Waals surface area (Å²) in [5, 5.41) is 2.91. The largest absolute Gasteiger partial charge is 0.370 e. The van der Waals surface area contributed by atoms with Crippen LogP contribution in [-0.4, -0.2) is 30.5 Å². The zero-order valence-electron chi connectivity index (χ0n) is 13.7. The first-order valence-electron chi connectivity index (χ1n) is 7.86. The molecule has 1 aromatic heterocycles. The number of hydrogen-bond acceptors (Lipinski definition) is 3. The van der Waals surface area contributed by atoms with Crippen LogP contribution >= 0.6 is 0 Å². The third kappa shape index (κ3) is 5.58. The molecule has 0 unspecified atom stereocenters. The topological polar surface area (TPSA) is 45.2 Å². The molecule has 4 nitrogen and oxygen atoms in total. The summed E-state index contributed by atoms with van der Waals surface area (Å²) >= 11 is 0. The van der Waals surface area contributed by atoms with E-state index in [0.717, 1.165) is 18.7 Å². The van der Waals surface area contributed by atoms with Crippen molar-refractivity contribution < 1.29 is 4.79 Å². The summed E-state index contributed by atoms with van der Waals surface area (Å²) in [5.41, 5.74) is 3.34. The molecule has 4 heteroatoms. The van der Waals surface area contributed by atoms with Crippen LogP contribution in [0.1, 0.15) is 18.1 Å². The van der Waals surface area contributed by atoms with E-state index in [0.29, 0.717) is 6.54 Å². The summed E-state index contributed by atoms with van der Waals surface area (Å²) in [4.78, 5) is 18.1. The molecule has 0 saturated carbocycles. The Morgan fingerprint density at radius 2 is 2.17 bits per heavy atom.